The summed E-state index contributed by atoms with van der Waals surface area (Å²) in [5.41, 5.74) is 1.31. The molecule has 0 radical (unpaired) electrons. The molecule has 2 unspecified atom stereocenters. The highest BCUT2D eigenvalue weighted by Crippen LogP contribution is 2.29. The van der Waals surface area contributed by atoms with E-state index in [9.17, 15) is 5.11 Å². The summed E-state index contributed by atoms with van der Waals surface area (Å²) in [6.07, 6.45) is 3.31. The third-order valence-corrected chi connectivity index (χ3v) is 5.13. The Labute approximate surface area is 133 Å². The van der Waals surface area contributed by atoms with E-state index in [1.54, 1.807) is 0 Å². The van der Waals surface area contributed by atoms with Crippen LogP contribution >= 0.6 is 0 Å². The van der Waals surface area contributed by atoms with E-state index in [-0.39, 0.29) is 6.04 Å². The van der Waals surface area contributed by atoms with Crippen molar-refractivity contribution >= 4 is 0 Å². The molecule has 4 nitrogen and oxygen atoms in total. The standard InChI is InChI=1S/C18H25N3O/c1-18(22)7-10-20(14-17(18)21-8-2-3-9-21)13-16-6-4-5-15(11-16)12-19/h4-6,11,17,22H,2-3,7-10,13-14H2,1H3. The van der Waals surface area contributed by atoms with Crippen molar-refractivity contribution < 1.29 is 5.11 Å². The lowest BCUT2D eigenvalue weighted by Gasteiger charge is -2.46. The van der Waals surface area contributed by atoms with Crippen LogP contribution in [0.25, 0.3) is 0 Å². The fourth-order valence-electron chi connectivity index (χ4n) is 3.79. The molecule has 1 aromatic carbocycles. The SMILES string of the molecule is CC1(O)CCN(Cc2cccc(C#N)c2)CC1N1CCCC1. The largest absolute Gasteiger partial charge is 0.388 e. The molecule has 22 heavy (non-hydrogen) atoms. The highest BCUT2D eigenvalue weighted by Gasteiger charge is 2.41. The van der Waals surface area contributed by atoms with Gasteiger partial charge in [0.25, 0.3) is 0 Å². The first-order valence-corrected chi connectivity index (χ1v) is 8.26. The first-order valence-electron chi connectivity index (χ1n) is 8.26. The van der Waals surface area contributed by atoms with Gasteiger partial charge >= 0.3 is 0 Å². The minimum absolute atomic E-state index is 0.225. The van der Waals surface area contributed by atoms with Gasteiger partial charge in [0.15, 0.2) is 0 Å². The van der Waals surface area contributed by atoms with Crippen LogP contribution in [0.2, 0.25) is 0 Å². The van der Waals surface area contributed by atoms with Gasteiger partial charge in [-0.3, -0.25) is 9.80 Å². The number of hydrogen-bond donors (Lipinski definition) is 1. The topological polar surface area (TPSA) is 50.5 Å². The summed E-state index contributed by atoms with van der Waals surface area (Å²) >= 11 is 0. The van der Waals surface area contributed by atoms with Crippen LogP contribution in [-0.2, 0) is 6.54 Å². The van der Waals surface area contributed by atoms with Crippen LogP contribution in [0.15, 0.2) is 24.3 Å². The number of nitriles is 1. The molecule has 0 amide bonds. The molecule has 2 aliphatic rings. The number of nitrogens with zero attached hydrogens (tertiary/aromatic N) is 3. The molecule has 2 atom stereocenters. The number of hydrogen-bond acceptors (Lipinski definition) is 4. The van der Waals surface area contributed by atoms with E-state index in [1.165, 1.54) is 18.4 Å². The van der Waals surface area contributed by atoms with Gasteiger partial charge in [0, 0.05) is 19.6 Å². The molecule has 1 N–H and O–H groups in total. The lowest BCUT2D eigenvalue weighted by atomic mass is 9.87. The smallest absolute Gasteiger partial charge is 0.0991 e. The van der Waals surface area contributed by atoms with E-state index < -0.39 is 5.60 Å². The molecule has 2 saturated heterocycles. The number of rotatable bonds is 3. The van der Waals surface area contributed by atoms with E-state index in [2.05, 4.69) is 21.9 Å². The van der Waals surface area contributed by atoms with Crippen molar-refractivity contribution in [3.8, 4) is 6.07 Å². The van der Waals surface area contributed by atoms with Crippen molar-refractivity contribution in [2.75, 3.05) is 26.2 Å². The maximum absolute atomic E-state index is 10.7. The molecular weight excluding hydrogens is 274 g/mol. The van der Waals surface area contributed by atoms with E-state index in [1.807, 2.05) is 25.1 Å². The molecule has 4 heteroatoms. The van der Waals surface area contributed by atoms with Gasteiger partial charge in [-0.25, -0.2) is 0 Å². The maximum Gasteiger partial charge on any atom is 0.0991 e. The quantitative estimate of drug-likeness (QED) is 0.927. The number of likely N-dealkylation sites (tertiary alicyclic amines) is 2. The zero-order valence-electron chi connectivity index (χ0n) is 13.3. The first kappa shape index (κ1) is 15.5. The van der Waals surface area contributed by atoms with Crippen molar-refractivity contribution in [3.63, 3.8) is 0 Å². The molecule has 2 aliphatic heterocycles. The van der Waals surface area contributed by atoms with E-state index in [4.69, 9.17) is 5.26 Å². The van der Waals surface area contributed by atoms with Crippen molar-refractivity contribution in [3.05, 3.63) is 35.4 Å². The monoisotopic (exact) mass is 299 g/mol. The van der Waals surface area contributed by atoms with Gasteiger partial charge < -0.3 is 5.11 Å². The van der Waals surface area contributed by atoms with Crippen LogP contribution in [-0.4, -0.2) is 52.7 Å². The third-order valence-electron chi connectivity index (χ3n) is 5.13. The number of aliphatic hydroxyl groups is 1. The van der Waals surface area contributed by atoms with Crippen molar-refractivity contribution in [1.82, 2.24) is 9.80 Å². The van der Waals surface area contributed by atoms with Gasteiger partial charge in [-0.05, 0) is 57.0 Å². The van der Waals surface area contributed by atoms with Crippen LogP contribution in [0, 0.1) is 11.3 Å². The molecule has 2 heterocycles. The van der Waals surface area contributed by atoms with Crippen LogP contribution in [0.3, 0.4) is 0 Å². The van der Waals surface area contributed by atoms with Crippen molar-refractivity contribution in [2.45, 2.75) is 44.4 Å². The molecular formula is C18H25N3O. The van der Waals surface area contributed by atoms with Crippen LogP contribution in [0.4, 0.5) is 0 Å². The van der Waals surface area contributed by atoms with Crippen molar-refractivity contribution in [1.29, 1.82) is 5.26 Å². The van der Waals surface area contributed by atoms with Gasteiger partial charge in [0.1, 0.15) is 0 Å². The molecule has 0 aliphatic carbocycles. The fraction of sp³-hybridized carbons (Fsp3) is 0.611. The van der Waals surface area contributed by atoms with E-state index >= 15 is 0 Å². The average Bonchev–Trinajstić information content (AvgIpc) is 3.03. The maximum atomic E-state index is 10.7. The van der Waals surface area contributed by atoms with Crippen molar-refractivity contribution in [2.24, 2.45) is 0 Å². The Balaban J connectivity index is 1.69. The summed E-state index contributed by atoms with van der Waals surface area (Å²) in [4.78, 5) is 4.87. The molecule has 0 saturated carbocycles. The lowest BCUT2D eigenvalue weighted by Crippen LogP contribution is -2.60. The van der Waals surface area contributed by atoms with Crippen LogP contribution < -0.4 is 0 Å². The Morgan fingerprint density at radius 3 is 2.82 bits per heavy atom. The summed E-state index contributed by atoms with van der Waals surface area (Å²) in [5.74, 6) is 0. The summed E-state index contributed by atoms with van der Waals surface area (Å²) in [6.45, 7) is 6.88. The predicted molar refractivity (Wildman–Crippen MR) is 86.3 cm³/mol. The molecule has 2 fully saturated rings. The Morgan fingerprint density at radius 1 is 1.32 bits per heavy atom. The molecule has 1 aromatic rings. The van der Waals surface area contributed by atoms with Gasteiger partial charge in [-0.2, -0.15) is 5.26 Å². The molecule has 3 rings (SSSR count). The minimum Gasteiger partial charge on any atom is -0.388 e. The zero-order chi connectivity index (χ0) is 15.6. The molecule has 0 bridgehead atoms. The van der Waals surface area contributed by atoms with E-state index in [0.717, 1.165) is 44.7 Å². The number of piperidine rings is 1. The summed E-state index contributed by atoms with van der Waals surface area (Å²) in [7, 11) is 0. The van der Waals surface area contributed by atoms with Gasteiger partial charge in [-0.1, -0.05) is 12.1 Å². The van der Waals surface area contributed by atoms with Gasteiger partial charge in [0.05, 0.1) is 23.3 Å². The van der Waals surface area contributed by atoms with Gasteiger partial charge in [-0.15, -0.1) is 0 Å². The highest BCUT2D eigenvalue weighted by molar-refractivity contribution is 5.32. The predicted octanol–water partition coefficient (Wildman–Crippen LogP) is 1.98. The molecule has 118 valence electrons. The summed E-state index contributed by atoms with van der Waals surface area (Å²) in [6, 6.07) is 10.3. The Hall–Kier alpha value is -1.41. The summed E-state index contributed by atoms with van der Waals surface area (Å²) < 4.78 is 0. The van der Waals surface area contributed by atoms with Crippen LogP contribution in [0.1, 0.15) is 37.3 Å². The fourth-order valence-corrected chi connectivity index (χ4v) is 3.79. The lowest BCUT2D eigenvalue weighted by molar-refractivity contribution is -0.0776. The second-order valence-corrected chi connectivity index (χ2v) is 6.91. The molecule has 0 aromatic heterocycles. The minimum atomic E-state index is -0.588. The first-order chi connectivity index (χ1) is 10.6. The second-order valence-electron chi connectivity index (χ2n) is 6.91. The third kappa shape index (κ3) is 3.33. The Bertz CT molecular complexity index is 558. The number of benzene rings is 1. The summed E-state index contributed by atoms with van der Waals surface area (Å²) in [5, 5.41) is 19.8. The van der Waals surface area contributed by atoms with Gasteiger partial charge in [0.2, 0.25) is 0 Å². The van der Waals surface area contributed by atoms with E-state index in [0.29, 0.717) is 0 Å². The van der Waals surface area contributed by atoms with Crippen LogP contribution in [0.5, 0.6) is 0 Å². The zero-order valence-corrected chi connectivity index (χ0v) is 13.3. The average molecular weight is 299 g/mol. The Kier molecular flexibility index (Phi) is 4.49. The molecule has 0 spiro atoms. The normalized spacial score (nSPS) is 30.3. The second kappa shape index (κ2) is 6.37. The highest BCUT2D eigenvalue weighted by atomic mass is 16.3. The Morgan fingerprint density at radius 2 is 2.09 bits per heavy atom.